The first-order chi connectivity index (χ1) is 9.19. The molecule has 2 rings (SSSR count). The van der Waals surface area contributed by atoms with Crippen LogP contribution in [0.3, 0.4) is 0 Å². The summed E-state index contributed by atoms with van der Waals surface area (Å²) in [5, 5.41) is 8.66. The van der Waals surface area contributed by atoms with E-state index in [4.69, 9.17) is 9.84 Å². The fourth-order valence-corrected chi connectivity index (χ4v) is 2.04. The Morgan fingerprint density at radius 1 is 1.37 bits per heavy atom. The summed E-state index contributed by atoms with van der Waals surface area (Å²) in [6, 6.07) is 0. The molecule has 0 saturated carbocycles. The third-order valence-electron chi connectivity index (χ3n) is 3.15. The Labute approximate surface area is 111 Å². The lowest BCUT2D eigenvalue weighted by Gasteiger charge is -2.34. The molecule has 7 nitrogen and oxygen atoms in total. The van der Waals surface area contributed by atoms with Gasteiger partial charge in [0.1, 0.15) is 0 Å². The van der Waals surface area contributed by atoms with Crippen molar-refractivity contribution in [3.8, 4) is 5.88 Å². The van der Waals surface area contributed by atoms with Gasteiger partial charge in [0.25, 0.3) is 0 Å². The minimum absolute atomic E-state index is 0.193. The minimum atomic E-state index is -0.749. The number of carbonyl (C=O) groups is 1. The second kappa shape index (κ2) is 6.33. The van der Waals surface area contributed by atoms with Crippen LogP contribution in [0.25, 0.3) is 0 Å². The lowest BCUT2D eigenvalue weighted by atomic mass is 10.3. The summed E-state index contributed by atoms with van der Waals surface area (Å²) in [6.07, 6.45) is 3.49. The van der Waals surface area contributed by atoms with Gasteiger partial charge in [-0.2, -0.15) is 4.98 Å². The molecule has 104 valence electrons. The molecule has 1 aromatic rings. The van der Waals surface area contributed by atoms with Crippen molar-refractivity contribution in [3.63, 3.8) is 0 Å². The van der Waals surface area contributed by atoms with Crippen LogP contribution in [0.4, 0.5) is 5.82 Å². The lowest BCUT2D eigenvalue weighted by molar-refractivity contribution is -0.137. The minimum Gasteiger partial charge on any atom is -0.481 e. The SMILES string of the molecule is COc1cncc(N2CCN(CCC(=O)O)CC2)n1. The van der Waals surface area contributed by atoms with Crippen LogP contribution in [0.1, 0.15) is 6.42 Å². The number of carboxylic acid groups (broad SMARTS) is 1. The third-order valence-corrected chi connectivity index (χ3v) is 3.15. The van der Waals surface area contributed by atoms with Crippen LogP contribution < -0.4 is 9.64 Å². The molecule has 0 aliphatic carbocycles. The number of anilines is 1. The molecule has 0 bridgehead atoms. The van der Waals surface area contributed by atoms with Crippen molar-refractivity contribution in [1.29, 1.82) is 0 Å². The molecule has 0 aromatic carbocycles. The van der Waals surface area contributed by atoms with Gasteiger partial charge in [0.15, 0.2) is 5.82 Å². The zero-order valence-electron chi connectivity index (χ0n) is 10.9. The van der Waals surface area contributed by atoms with E-state index in [-0.39, 0.29) is 6.42 Å². The number of aromatic nitrogens is 2. The Balaban J connectivity index is 1.87. The van der Waals surface area contributed by atoms with Crippen LogP contribution >= 0.6 is 0 Å². The average molecular weight is 266 g/mol. The van der Waals surface area contributed by atoms with Gasteiger partial charge < -0.3 is 14.7 Å². The number of rotatable bonds is 5. The fraction of sp³-hybridized carbons (Fsp3) is 0.583. The topological polar surface area (TPSA) is 78.8 Å². The van der Waals surface area contributed by atoms with Gasteiger partial charge in [-0.25, -0.2) is 0 Å². The normalized spacial score (nSPS) is 16.4. The number of nitrogens with zero attached hydrogens (tertiary/aromatic N) is 4. The number of carboxylic acids is 1. The van der Waals surface area contributed by atoms with Crippen molar-refractivity contribution in [3.05, 3.63) is 12.4 Å². The molecule has 7 heteroatoms. The van der Waals surface area contributed by atoms with Crippen LogP contribution in [0.2, 0.25) is 0 Å². The smallest absolute Gasteiger partial charge is 0.304 e. The van der Waals surface area contributed by atoms with Crippen LogP contribution in [0.5, 0.6) is 5.88 Å². The van der Waals surface area contributed by atoms with Gasteiger partial charge in [-0.1, -0.05) is 0 Å². The molecule has 0 unspecified atom stereocenters. The van der Waals surface area contributed by atoms with Crippen LogP contribution in [-0.2, 0) is 4.79 Å². The molecule has 1 N–H and O–H groups in total. The molecule has 0 amide bonds. The Hall–Kier alpha value is -1.89. The first kappa shape index (κ1) is 13.5. The highest BCUT2D eigenvalue weighted by molar-refractivity contribution is 5.66. The Kier molecular flexibility index (Phi) is 4.51. The predicted octanol–water partition coefficient (Wildman–Crippen LogP) is 0.0819. The average Bonchev–Trinajstić information content (AvgIpc) is 2.45. The van der Waals surface area contributed by atoms with Gasteiger partial charge >= 0.3 is 5.97 Å². The Morgan fingerprint density at radius 2 is 2.11 bits per heavy atom. The molecule has 0 atom stereocenters. The van der Waals surface area contributed by atoms with E-state index in [0.29, 0.717) is 12.4 Å². The van der Waals surface area contributed by atoms with E-state index in [1.165, 1.54) is 0 Å². The molecule has 0 spiro atoms. The summed E-state index contributed by atoms with van der Waals surface area (Å²) in [7, 11) is 1.57. The maximum atomic E-state index is 10.5. The maximum Gasteiger partial charge on any atom is 0.304 e. The fourth-order valence-electron chi connectivity index (χ4n) is 2.04. The van der Waals surface area contributed by atoms with E-state index in [1.54, 1.807) is 19.5 Å². The predicted molar refractivity (Wildman–Crippen MR) is 69.5 cm³/mol. The highest BCUT2D eigenvalue weighted by Crippen LogP contribution is 2.15. The lowest BCUT2D eigenvalue weighted by Crippen LogP contribution is -2.47. The van der Waals surface area contributed by atoms with Crippen molar-refractivity contribution >= 4 is 11.8 Å². The molecule has 1 saturated heterocycles. The summed E-state index contributed by atoms with van der Waals surface area (Å²) in [5.74, 6) is 0.559. The first-order valence-electron chi connectivity index (χ1n) is 6.24. The van der Waals surface area contributed by atoms with Gasteiger partial charge in [-0.3, -0.25) is 14.7 Å². The van der Waals surface area contributed by atoms with Crippen LogP contribution in [0, 0.1) is 0 Å². The summed E-state index contributed by atoms with van der Waals surface area (Å²) in [6.45, 7) is 3.92. The molecule has 1 fully saturated rings. The molecule has 1 aromatic heterocycles. The van der Waals surface area contributed by atoms with Gasteiger partial charge in [0.2, 0.25) is 5.88 Å². The largest absolute Gasteiger partial charge is 0.481 e. The van der Waals surface area contributed by atoms with E-state index in [0.717, 1.165) is 32.0 Å². The highest BCUT2D eigenvalue weighted by atomic mass is 16.5. The number of ether oxygens (including phenoxy) is 1. The summed E-state index contributed by atoms with van der Waals surface area (Å²) >= 11 is 0. The van der Waals surface area contributed by atoms with Crippen molar-refractivity contribution < 1.29 is 14.6 Å². The highest BCUT2D eigenvalue weighted by Gasteiger charge is 2.18. The molecule has 1 aliphatic rings. The monoisotopic (exact) mass is 266 g/mol. The first-order valence-corrected chi connectivity index (χ1v) is 6.24. The number of aliphatic carboxylic acids is 1. The molecule has 1 aliphatic heterocycles. The van der Waals surface area contributed by atoms with E-state index in [2.05, 4.69) is 19.8 Å². The van der Waals surface area contributed by atoms with E-state index >= 15 is 0 Å². The van der Waals surface area contributed by atoms with E-state index in [9.17, 15) is 4.79 Å². The third kappa shape index (κ3) is 3.78. The van der Waals surface area contributed by atoms with Crippen molar-refractivity contribution in [2.24, 2.45) is 0 Å². The van der Waals surface area contributed by atoms with E-state index < -0.39 is 5.97 Å². The maximum absolute atomic E-state index is 10.5. The molecule has 19 heavy (non-hydrogen) atoms. The Morgan fingerprint density at radius 3 is 2.74 bits per heavy atom. The van der Waals surface area contributed by atoms with Crippen molar-refractivity contribution in [2.45, 2.75) is 6.42 Å². The quantitative estimate of drug-likeness (QED) is 0.808. The molecular formula is C12H18N4O3. The van der Waals surface area contributed by atoms with Crippen molar-refractivity contribution in [1.82, 2.24) is 14.9 Å². The standard InChI is InChI=1S/C12H18N4O3/c1-19-11-9-13-8-10(14-11)16-6-4-15(5-7-16)3-2-12(17)18/h8-9H,2-7H2,1H3,(H,17,18). The summed E-state index contributed by atoms with van der Waals surface area (Å²) in [4.78, 5) is 23.2. The second-order valence-corrected chi connectivity index (χ2v) is 4.39. The zero-order chi connectivity index (χ0) is 13.7. The van der Waals surface area contributed by atoms with Gasteiger partial charge in [-0.05, 0) is 0 Å². The molecular weight excluding hydrogens is 248 g/mol. The zero-order valence-corrected chi connectivity index (χ0v) is 10.9. The van der Waals surface area contributed by atoms with Crippen LogP contribution in [0.15, 0.2) is 12.4 Å². The second-order valence-electron chi connectivity index (χ2n) is 4.39. The summed E-state index contributed by atoms with van der Waals surface area (Å²) < 4.78 is 5.06. The number of methoxy groups -OCH3 is 1. The number of hydrogen-bond acceptors (Lipinski definition) is 6. The number of piperazine rings is 1. The summed E-state index contributed by atoms with van der Waals surface area (Å²) in [5.41, 5.74) is 0. The molecule has 0 radical (unpaired) electrons. The Bertz CT molecular complexity index is 433. The number of hydrogen-bond donors (Lipinski definition) is 1. The van der Waals surface area contributed by atoms with Crippen molar-refractivity contribution in [2.75, 3.05) is 44.7 Å². The molecule has 2 heterocycles. The van der Waals surface area contributed by atoms with E-state index in [1.807, 2.05) is 0 Å². The van der Waals surface area contributed by atoms with Gasteiger partial charge in [0.05, 0.1) is 25.9 Å². The van der Waals surface area contributed by atoms with Gasteiger partial charge in [-0.15, -0.1) is 0 Å². The van der Waals surface area contributed by atoms with Crippen LogP contribution in [-0.4, -0.2) is 65.8 Å². The van der Waals surface area contributed by atoms with Gasteiger partial charge in [0, 0.05) is 32.7 Å².